The van der Waals surface area contributed by atoms with Crippen LogP contribution in [0, 0.1) is 5.82 Å². The standard InChI is InChI=1S/C22H27F2N7O3.C2H6/c1-22(2,34)17(24)10-26-21(33)12-9-25-18(8-15(12)28-14-4-3-5-16(14)32)29-20-13(23)11-31-19(30-20)6-7-27-31;1-2/h6-9,11,14,16-17,32,34H,3-5,10H2,1-2H3,(H,26,33)(H2,25,28,29,30);1-2H3. The van der Waals surface area contributed by atoms with Gasteiger partial charge in [-0.1, -0.05) is 13.8 Å². The lowest BCUT2D eigenvalue weighted by Crippen LogP contribution is -2.42. The Morgan fingerprint density at radius 1 is 1.33 bits per heavy atom. The highest BCUT2D eigenvalue weighted by molar-refractivity contribution is 6.00. The molecular weight excluding hydrogens is 472 g/mol. The number of nitrogens with one attached hydrogen (secondary N) is 3. The highest BCUT2D eigenvalue weighted by Crippen LogP contribution is 2.28. The van der Waals surface area contributed by atoms with E-state index in [1.165, 1.54) is 43.0 Å². The Morgan fingerprint density at radius 3 is 2.75 bits per heavy atom. The highest BCUT2D eigenvalue weighted by Gasteiger charge is 2.29. The first kappa shape index (κ1) is 27.2. The van der Waals surface area contributed by atoms with Gasteiger partial charge in [0.2, 0.25) is 0 Å². The number of hydrogen-bond donors (Lipinski definition) is 5. The molecule has 36 heavy (non-hydrogen) atoms. The van der Waals surface area contributed by atoms with Crippen LogP contribution in [0.25, 0.3) is 5.65 Å². The van der Waals surface area contributed by atoms with E-state index < -0.39 is 36.1 Å². The summed E-state index contributed by atoms with van der Waals surface area (Å²) in [7, 11) is 0. The first-order valence-electron chi connectivity index (χ1n) is 12.0. The molecule has 3 aromatic heterocycles. The summed E-state index contributed by atoms with van der Waals surface area (Å²) in [4.78, 5) is 21.1. The molecule has 3 aromatic rings. The van der Waals surface area contributed by atoms with Crippen LogP contribution in [-0.2, 0) is 0 Å². The molecule has 0 aromatic carbocycles. The Balaban J connectivity index is 0.00000176. The van der Waals surface area contributed by atoms with Crippen molar-refractivity contribution >= 4 is 28.9 Å². The zero-order chi connectivity index (χ0) is 26.5. The van der Waals surface area contributed by atoms with Crippen LogP contribution in [0.2, 0.25) is 0 Å². The van der Waals surface area contributed by atoms with Crippen molar-refractivity contribution in [2.75, 3.05) is 17.2 Å². The molecule has 196 valence electrons. The Labute approximate surface area is 208 Å². The number of aliphatic hydroxyl groups excluding tert-OH is 1. The fourth-order valence-electron chi connectivity index (χ4n) is 3.70. The third-order valence-electron chi connectivity index (χ3n) is 5.76. The van der Waals surface area contributed by atoms with Gasteiger partial charge in [-0.25, -0.2) is 23.3 Å². The smallest absolute Gasteiger partial charge is 0.255 e. The molecule has 10 nitrogen and oxygen atoms in total. The largest absolute Gasteiger partial charge is 0.391 e. The fraction of sp³-hybridized carbons (Fsp3) is 0.500. The molecule has 12 heteroatoms. The summed E-state index contributed by atoms with van der Waals surface area (Å²) >= 11 is 0. The Kier molecular flexibility index (Phi) is 8.75. The SMILES string of the molecule is CC.CC(C)(O)C(F)CNC(=O)c1cnc(Nc2nc3ccnn3cc2F)cc1NC1CCCC1O. The van der Waals surface area contributed by atoms with Crippen LogP contribution in [0.15, 0.2) is 30.7 Å². The van der Waals surface area contributed by atoms with E-state index in [0.29, 0.717) is 24.2 Å². The lowest BCUT2D eigenvalue weighted by molar-refractivity contribution is -0.00177. The van der Waals surface area contributed by atoms with Crippen molar-refractivity contribution < 1.29 is 23.8 Å². The minimum atomic E-state index is -1.68. The highest BCUT2D eigenvalue weighted by atomic mass is 19.1. The van der Waals surface area contributed by atoms with Gasteiger partial charge in [-0.2, -0.15) is 5.10 Å². The molecule has 1 aliphatic rings. The Morgan fingerprint density at radius 2 is 2.08 bits per heavy atom. The normalized spacial score (nSPS) is 18.3. The predicted molar refractivity (Wildman–Crippen MR) is 133 cm³/mol. The van der Waals surface area contributed by atoms with E-state index >= 15 is 0 Å². The van der Waals surface area contributed by atoms with Gasteiger partial charge in [0.05, 0.1) is 47.9 Å². The average molecular weight is 506 g/mol. The van der Waals surface area contributed by atoms with E-state index in [1.807, 2.05) is 13.8 Å². The van der Waals surface area contributed by atoms with E-state index in [9.17, 15) is 23.8 Å². The van der Waals surface area contributed by atoms with Gasteiger partial charge in [0.15, 0.2) is 17.3 Å². The molecule has 0 aliphatic heterocycles. The second-order valence-corrected chi connectivity index (χ2v) is 8.89. The molecule has 1 fully saturated rings. The summed E-state index contributed by atoms with van der Waals surface area (Å²) in [6.45, 7) is 6.23. The molecule has 0 spiro atoms. The summed E-state index contributed by atoms with van der Waals surface area (Å²) in [5, 5.41) is 32.3. The molecule has 5 N–H and O–H groups in total. The number of alkyl halides is 1. The number of pyridine rings is 1. The number of hydrogen-bond acceptors (Lipinski definition) is 8. The van der Waals surface area contributed by atoms with Gasteiger partial charge in [-0.3, -0.25) is 4.79 Å². The number of carbonyl (C=O) groups excluding carboxylic acids is 1. The number of carbonyl (C=O) groups is 1. The van der Waals surface area contributed by atoms with Crippen molar-refractivity contribution in [3.8, 4) is 0 Å². The number of aromatic nitrogens is 4. The van der Waals surface area contributed by atoms with Gasteiger partial charge >= 0.3 is 0 Å². The molecular formula is C24H33F2N7O3. The van der Waals surface area contributed by atoms with Crippen molar-refractivity contribution in [2.45, 2.75) is 70.9 Å². The first-order chi connectivity index (χ1) is 17.1. The predicted octanol–water partition coefficient (Wildman–Crippen LogP) is 3.20. The third-order valence-corrected chi connectivity index (χ3v) is 5.76. The van der Waals surface area contributed by atoms with E-state index in [2.05, 4.69) is 31.0 Å². The average Bonchev–Trinajstić information content (AvgIpc) is 3.46. The van der Waals surface area contributed by atoms with Gasteiger partial charge in [0.1, 0.15) is 12.0 Å². The lowest BCUT2D eigenvalue weighted by Gasteiger charge is -2.23. The summed E-state index contributed by atoms with van der Waals surface area (Å²) < 4.78 is 29.9. The lowest BCUT2D eigenvalue weighted by atomic mass is 10.0. The summed E-state index contributed by atoms with van der Waals surface area (Å²) in [5.41, 5.74) is -0.722. The van der Waals surface area contributed by atoms with Crippen LogP contribution in [0.4, 0.5) is 26.1 Å². The van der Waals surface area contributed by atoms with Crippen molar-refractivity contribution in [1.82, 2.24) is 24.9 Å². The van der Waals surface area contributed by atoms with Crippen molar-refractivity contribution in [1.29, 1.82) is 0 Å². The van der Waals surface area contributed by atoms with Gasteiger partial charge in [-0.15, -0.1) is 0 Å². The number of halogens is 2. The van der Waals surface area contributed by atoms with Gasteiger partial charge < -0.3 is 26.2 Å². The second-order valence-electron chi connectivity index (χ2n) is 8.89. The minimum absolute atomic E-state index is 0.0741. The number of fused-ring (bicyclic) bond motifs is 1. The molecule has 0 radical (unpaired) electrons. The maximum atomic E-state index is 14.5. The Bertz CT molecular complexity index is 1180. The van der Waals surface area contributed by atoms with E-state index in [-0.39, 0.29) is 23.2 Å². The first-order valence-corrected chi connectivity index (χ1v) is 12.0. The Hall–Kier alpha value is -3.38. The maximum absolute atomic E-state index is 14.5. The molecule has 1 saturated carbocycles. The molecule has 3 atom stereocenters. The topological polar surface area (TPSA) is 137 Å². The molecule has 0 saturated heterocycles. The van der Waals surface area contributed by atoms with Crippen LogP contribution in [0.3, 0.4) is 0 Å². The monoisotopic (exact) mass is 505 g/mol. The summed E-state index contributed by atoms with van der Waals surface area (Å²) in [6.07, 6.45) is 3.83. The van der Waals surface area contributed by atoms with E-state index in [0.717, 1.165) is 6.42 Å². The molecule has 3 unspecified atom stereocenters. The van der Waals surface area contributed by atoms with Crippen molar-refractivity contribution in [2.24, 2.45) is 0 Å². The second kappa shape index (κ2) is 11.6. The number of anilines is 3. The molecule has 3 heterocycles. The quantitative estimate of drug-likeness (QED) is 0.315. The van der Waals surface area contributed by atoms with Gasteiger partial charge in [-0.05, 0) is 33.1 Å². The maximum Gasteiger partial charge on any atom is 0.255 e. The molecule has 1 amide bonds. The molecule has 4 rings (SSSR count). The summed E-state index contributed by atoms with van der Waals surface area (Å²) in [5.74, 6) is -1.12. The minimum Gasteiger partial charge on any atom is -0.391 e. The summed E-state index contributed by atoms with van der Waals surface area (Å²) in [6, 6.07) is 2.83. The van der Waals surface area contributed by atoms with Crippen LogP contribution in [-0.4, -0.2) is 66.2 Å². The van der Waals surface area contributed by atoms with Crippen LogP contribution >= 0.6 is 0 Å². The number of nitrogens with zero attached hydrogens (tertiary/aromatic N) is 4. The molecule has 1 aliphatic carbocycles. The van der Waals surface area contributed by atoms with Crippen LogP contribution in [0.1, 0.15) is 57.3 Å². The van der Waals surface area contributed by atoms with Gasteiger partial charge in [0.25, 0.3) is 5.91 Å². The number of rotatable bonds is 8. The van der Waals surface area contributed by atoms with Crippen LogP contribution in [0.5, 0.6) is 0 Å². The van der Waals surface area contributed by atoms with E-state index in [4.69, 9.17) is 0 Å². The van der Waals surface area contributed by atoms with Crippen LogP contribution < -0.4 is 16.0 Å². The van der Waals surface area contributed by atoms with Crippen molar-refractivity contribution in [3.63, 3.8) is 0 Å². The number of aliphatic hydroxyl groups is 2. The van der Waals surface area contributed by atoms with Crippen molar-refractivity contribution in [3.05, 3.63) is 42.1 Å². The zero-order valence-corrected chi connectivity index (χ0v) is 20.8. The fourth-order valence-corrected chi connectivity index (χ4v) is 3.70. The number of amides is 1. The van der Waals surface area contributed by atoms with E-state index in [1.54, 1.807) is 6.07 Å². The van der Waals surface area contributed by atoms with Gasteiger partial charge in [0, 0.05) is 18.3 Å². The zero-order valence-electron chi connectivity index (χ0n) is 20.8. The molecule has 0 bridgehead atoms. The third kappa shape index (κ3) is 6.43.